The summed E-state index contributed by atoms with van der Waals surface area (Å²) in [4.78, 5) is 0. The van der Waals surface area contributed by atoms with Gasteiger partial charge in [-0.05, 0) is 0 Å². The molecular formula is C8H18B. The number of hydrogen-bond acceptors (Lipinski definition) is 0. The van der Waals surface area contributed by atoms with Gasteiger partial charge in [-0.3, -0.25) is 0 Å². The molecule has 0 spiro atoms. The van der Waals surface area contributed by atoms with Crippen molar-refractivity contribution in [2.24, 2.45) is 0 Å². The summed E-state index contributed by atoms with van der Waals surface area (Å²) < 4.78 is 0. The molecule has 0 N–H and O–H groups in total. The van der Waals surface area contributed by atoms with E-state index in [0.29, 0.717) is 10.6 Å². The van der Waals surface area contributed by atoms with Crippen LogP contribution in [0.2, 0.25) is 10.6 Å². The second kappa shape index (κ2) is 2.36. The predicted octanol–water partition coefficient (Wildman–Crippen LogP) is 3.13. The molecule has 0 amide bonds. The second-order valence-electron chi connectivity index (χ2n) is 4.88. The van der Waals surface area contributed by atoms with Gasteiger partial charge >= 0.3 is 0 Å². The SMILES string of the molecule is CC(C)(C)[B]C(C)(C)C. The third kappa shape index (κ3) is 8.06. The van der Waals surface area contributed by atoms with Crippen LogP contribution in [0.25, 0.3) is 0 Å². The van der Waals surface area contributed by atoms with Crippen LogP contribution in [0.1, 0.15) is 41.5 Å². The first-order valence-corrected chi connectivity index (χ1v) is 3.58. The van der Waals surface area contributed by atoms with Gasteiger partial charge in [0.2, 0.25) is 0 Å². The molecule has 0 atom stereocenters. The molecule has 0 saturated heterocycles. The Morgan fingerprint density at radius 3 is 0.889 bits per heavy atom. The van der Waals surface area contributed by atoms with Crippen molar-refractivity contribution in [3.05, 3.63) is 0 Å². The topological polar surface area (TPSA) is 0 Å². The van der Waals surface area contributed by atoms with E-state index in [4.69, 9.17) is 0 Å². The molecule has 0 aliphatic heterocycles. The van der Waals surface area contributed by atoms with Crippen LogP contribution in [-0.4, -0.2) is 7.28 Å². The van der Waals surface area contributed by atoms with Crippen molar-refractivity contribution in [3.8, 4) is 0 Å². The molecule has 0 bridgehead atoms. The van der Waals surface area contributed by atoms with Crippen LogP contribution in [-0.2, 0) is 0 Å². The van der Waals surface area contributed by atoms with E-state index in [1.54, 1.807) is 0 Å². The smallest absolute Gasteiger partial charge is 0.0674 e. The zero-order chi connectivity index (χ0) is 7.71. The van der Waals surface area contributed by atoms with Gasteiger partial charge in [0, 0.05) is 0 Å². The normalized spacial score (nSPS) is 13.6. The second-order valence-corrected chi connectivity index (χ2v) is 4.88. The summed E-state index contributed by atoms with van der Waals surface area (Å²) in [7, 11) is 2.38. The Bertz CT molecular complexity index is 69.7. The Morgan fingerprint density at radius 1 is 0.667 bits per heavy atom. The molecule has 53 valence electrons. The largest absolute Gasteiger partial charge is 0.124 e. The average Bonchev–Trinajstić information content (AvgIpc) is 1.14. The van der Waals surface area contributed by atoms with E-state index >= 15 is 0 Å². The lowest BCUT2D eigenvalue weighted by molar-refractivity contribution is 0.668. The van der Waals surface area contributed by atoms with E-state index in [9.17, 15) is 0 Å². The van der Waals surface area contributed by atoms with E-state index in [2.05, 4.69) is 48.8 Å². The van der Waals surface area contributed by atoms with Crippen molar-refractivity contribution in [1.29, 1.82) is 0 Å². The molecule has 0 aliphatic carbocycles. The highest BCUT2D eigenvalue weighted by Gasteiger charge is 2.21. The lowest BCUT2D eigenvalue weighted by Crippen LogP contribution is -2.18. The lowest BCUT2D eigenvalue weighted by Gasteiger charge is -2.26. The minimum Gasteiger partial charge on any atom is -0.0674 e. The van der Waals surface area contributed by atoms with Gasteiger partial charge in [-0.25, -0.2) is 0 Å². The molecule has 0 unspecified atom stereocenters. The third-order valence-electron chi connectivity index (χ3n) is 0.866. The number of rotatable bonds is 0. The summed E-state index contributed by atoms with van der Waals surface area (Å²) in [5.41, 5.74) is 0. The summed E-state index contributed by atoms with van der Waals surface area (Å²) in [6.45, 7) is 13.4. The highest BCUT2D eigenvalue weighted by Crippen LogP contribution is 2.33. The Morgan fingerprint density at radius 2 is 0.889 bits per heavy atom. The minimum atomic E-state index is 0.359. The molecule has 0 fully saturated rings. The van der Waals surface area contributed by atoms with Crippen LogP contribution in [0.5, 0.6) is 0 Å². The first-order valence-electron chi connectivity index (χ1n) is 3.58. The van der Waals surface area contributed by atoms with Crippen LogP contribution in [0.3, 0.4) is 0 Å². The lowest BCUT2D eigenvalue weighted by atomic mass is 9.42. The van der Waals surface area contributed by atoms with Gasteiger partial charge < -0.3 is 0 Å². The molecule has 0 aromatic heterocycles. The highest BCUT2D eigenvalue weighted by atomic mass is 14.1. The van der Waals surface area contributed by atoms with Gasteiger partial charge in [0.25, 0.3) is 0 Å². The molecule has 1 heteroatoms. The standard InChI is InChI=1S/C8H18B/c1-7(2,3)9-8(4,5)6/h1-6H3. The van der Waals surface area contributed by atoms with Crippen LogP contribution >= 0.6 is 0 Å². The van der Waals surface area contributed by atoms with E-state index < -0.39 is 0 Å². The van der Waals surface area contributed by atoms with E-state index in [0.717, 1.165) is 0 Å². The Balaban J connectivity index is 3.75. The van der Waals surface area contributed by atoms with Gasteiger partial charge in [0.05, 0.1) is 0 Å². The van der Waals surface area contributed by atoms with Crippen molar-refractivity contribution in [2.45, 2.75) is 52.2 Å². The van der Waals surface area contributed by atoms with E-state index in [1.165, 1.54) is 0 Å². The van der Waals surface area contributed by atoms with Crippen molar-refractivity contribution < 1.29 is 0 Å². The molecule has 0 saturated carbocycles. The van der Waals surface area contributed by atoms with Gasteiger partial charge in [-0.1, -0.05) is 52.2 Å². The monoisotopic (exact) mass is 125 g/mol. The van der Waals surface area contributed by atoms with Gasteiger partial charge in [-0.15, -0.1) is 0 Å². The zero-order valence-electron chi connectivity index (χ0n) is 7.58. The average molecular weight is 125 g/mol. The third-order valence-corrected chi connectivity index (χ3v) is 0.866. The molecule has 0 aromatic carbocycles. The van der Waals surface area contributed by atoms with Crippen LogP contribution in [0, 0.1) is 0 Å². The first-order chi connectivity index (χ1) is 3.71. The number of hydrogen-bond donors (Lipinski definition) is 0. The Kier molecular flexibility index (Phi) is 2.38. The maximum absolute atomic E-state index is 2.38. The highest BCUT2D eigenvalue weighted by molar-refractivity contribution is 6.43. The molecule has 0 rings (SSSR count). The van der Waals surface area contributed by atoms with Crippen LogP contribution < -0.4 is 0 Å². The molecular weight excluding hydrogens is 107 g/mol. The van der Waals surface area contributed by atoms with Crippen molar-refractivity contribution >= 4 is 7.28 Å². The van der Waals surface area contributed by atoms with Crippen molar-refractivity contribution in [1.82, 2.24) is 0 Å². The van der Waals surface area contributed by atoms with Gasteiger partial charge in [0.15, 0.2) is 0 Å². The van der Waals surface area contributed by atoms with Gasteiger partial charge in [-0.2, -0.15) is 0 Å². The maximum atomic E-state index is 2.38. The fraction of sp³-hybridized carbons (Fsp3) is 1.00. The maximum Gasteiger partial charge on any atom is 0.124 e. The summed E-state index contributed by atoms with van der Waals surface area (Å²) in [5.74, 6) is 0. The molecule has 9 heavy (non-hydrogen) atoms. The molecule has 1 radical (unpaired) electrons. The molecule has 0 aromatic rings. The summed E-state index contributed by atoms with van der Waals surface area (Å²) in [5, 5.41) is 0.719. The minimum absolute atomic E-state index is 0.359. The van der Waals surface area contributed by atoms with Crippen LogP contribution in [0.4, 0.5) is 0 Å². The first kappa shape index (κ1) is 9.06. The zero-order valence-corrected chi connectivity index (χ0v) is 7.58. The summed E-state index contributed by atoms with van der Waals surface area (Å²) >= 11 is 0. The Hall–Kier alpha value is 0.0649. The fourth-order valence-electron chi connectivity index (χ4n) is 1.30. The fourth-order valence-corrected chi connectivity index (χ4v) is 1.30. The van der Waals surface area contributed by atoms with Gasteiger partial charge in [0.1, 0.15) is 7.28 Å². The molecule has 0 heterocycles. The summed E-state index contributed by atoms with van der Waals surface area (Å²) in [6.07, 6.45) is 0. The molecule has 0 nitrogen and oxygen atoms in total. The van der Waals surface area contributed by atoms with Crippen molar-refractivity contribution in [2.75, 3.05) is 0 Å². The van der Waals surface area contributed by atoms with Crippen LogP contribution in [0.15, 0.2) is 0 Å². The summed E-state index contributed by atoms with van der Waals surface area (Å²) in [6, 6.07) is 0. The van der Waals surface area contributed by atoms with E-state index in [-0.39, 0.29) is 0 Å². The predicted molar refractivity (Wildman–Crippen MR) is 45.2 cm³/mol. The molecule has 0 aliphatic rings. The van der Waals surface area contributed by atoms with Crippen molar-refractivity contribution in [3.63, 3.8) is 0 Å². The van der Waals surface area contributed by atoms with E-state index in [1.807, 2.05) is 0 Å². The quantitative estimate of drug-likeness (QED) is 0.436. The Labute approximate surface area is 60.3 Å².